The highest BCUT2D eigenvalue weighted by Crippen LogP contribution is 2.27. The minimum absolute atomic E-state index is 0.0807. The third-order valence-electron chi connectivity index (χ3n) is 5.33. The van der Waals surface area contributed by atoms with Crippen molar-refractivity contribution in [3.05, 3.63) is 82.0 Å². The fourth-order valence-corrected chi connectivity index (χ4v) is 5.78. The average molecular weight is 498 g/mol. The zero-order valence-corrected chi connectivity index (χ0v) is 20.4. The van der Waals surface area contributed by atoms with Gasteiger partial charge in [0.05, 0.1) is 27.9 Å². The van der Waals surface area contributed by atoms with E-state index in [1.807, 2.05) is 6.92 Å². The molecule has 10 heteroatoms. The Kier molecular flexibility index (Phi) is 6.45. The SMILES string of the molecule is COc1ccc(N(CC(=O)Nc2ccc3c(c2)sc(=O)n3C)S(=O)(=O)c2ccc(C)cc2)cc1. The van der Waals surface area contributed by atoms with Crippen LogP contribution in [0.15, 0.2) is 76.4 Å². The topological polar surface area (TPSA) is 97.7 Å². The number of rotatable bonds is 7. The number of nitrogens with zero attached hydrogens (tertiary/aromatic N) is 2. The van der Waals surface area contributed by atoms with Gasteiger partial charge in [0.25, 0.3) is 10.0 Å². The van der Waals surface area contributed by atoms with Gasteiger partial charge in [-0.3, -0.25) is 13.9 Å². The minimum Gasteiger partial charge on any atom is -0.497 e. The van der Waals surface area contributed by atoms with E-state index in [9.17, 15) is 18.0 Å². The van der Waals surface area contributed by atoms with Crippen LogP contribution in [0.4, 0.5) is 11.4 Å². The second kappa shape index (κ2) is 9.32. The van der Waals surface area contributed by atoms with E-state index in [1.54, 1.807) is 61.6 Å². The molecule has 0 aliphatic rings. The number of benzene rings is 3. The summed E-state index contributed by atoms with van der Waals surface area (Å²) in [7, 11) is -0.826. The monoisotopic (exact) mass is 497 g/mol. The van der Waals surface area contributed by atoms with E-state index >= 15 is 0 Å². The number of methoxy groups -OCH3 is 1. The predicted molar refractivity (Wildman–Crippen MR) is 134 cm³/mol. The van der Waals surface area contributed by atoms with Crippen LogP contribution < -0.4 is 19.2 Å². The summed E-state index contributed by atoms with van der Waals surface area (Å²) in [5.41, 5.74) is 2.48. The molecule has 1 amide bonds. The molecule has 0 atom stereocenters. The van der Waals surface area contributed by atoms with Crippen molar-refractivity contribution in [2.24, 2.45) is 7.05 Å². The van der Waals surface area contributed by atoms with Gasteiger partial charge in [0.15, 0.2) is 0 Å². The molecular formula is C24H23N3O5S2. The van der Waals surface area contributed by atoms with E-state index in [0.29, 0.717) is 17.1 Å². The van der Waals surface area contributed by atoms with E-state index < -0.39 is 22.5 Å². The first-order chi connectivity index (χ1) is 16.2. The Labute approximate surface area is 201 Å². The maximum absolute atomic E-state index is 13.5. The highest BCUT2D eigenvalue weighted by molar-refractivity contribution is 7.92. The molecule has 1 N–H and O–H groups in total. The van der Waals surface area contributed by atoms with Crippen molar-refractivity contribution in [3.8, 4) is 5.75 Å². The molecular weight excluding hydrogens is 474 g/mol. The van der Waals surface area contributed by atoms with E-state index in [2.05, 4.69) is 5.32 Å². The van der Waals surface area contributed by atoms with E-state index in [1.165, 1.54) is 23.8 Å². The number of sulfonamides is 1. The molecule has 0 bridgehead atoms. The standard InChI is InChI=1S/C24H23N3O5S2/c1-16-4-11-20(12-5-16)34(30,31)27(18-7-9-19(32-3)10-8-18)15-23(28)25-17-6-13-21-22(14-17)33-24(29)26(21)2/h4-14H,15H2,1-3H3,(H,25,28). The molecule has 3 aromatic carbocycles. The van der Waals surface area contributed by atoms with Crippen LogP contribution in [0.25, 0.3) is 10.2 Å². The van der Waals surface area contributed by atoms with Gasteiger partial charge in [-0.1, -0.05) is 29.0 Å². The van der Waals surface area contributed by atoms with Crippen molar-refractivity contribution in [1.82, 2.24) is 4.57 Å². The summed E-state index contributed by atoms with van der Waals surface area (Å²) in [5.74, 6) is 0.0465. The molecule has 8 nitrogen and oxygen atoms in total. The second-order valence-corrected chi connectivity index (χ2v) is 10.5. The number of anilines is 2. The number of aromatic nitrogens is 1. The molecule has 0 unspecified atom stereocenters. The molecule has 0 saturated heterocycles. The summed E-state index contributed by atoms with van der Waals surface area (Å²) in [6.45, 7) is 1.43. The zero-order chi connectivity index (χ0) is 24.5. The normalized spacial score (nSPS) is 11.4. The van der Waals surface area contributed by atoms with Gasteiger partial charge in [0.1, 0.15) is 12.3 Å². The third kappa shape index (κ3) is 4.68. The van der Waals surface area contributed by atoms with Crippen molar-refractivity contribution >= 4 is 48.9 Å². The number of carbonyl (C=O) groups is 1. The Morgan fingerprint density at radius 2 is 1.74 bits per heavy atom. The smallest absolute Gasteiger partial charge is 0.307 e. The maximum atomic E-state index is 13.5. The lowest BCUT2D eigenvalue weighted by atomic mass is 10.2. The molecule has 0 aliphatic heterocycles. The van der Waals surface area contributed by atoms with Crippen LogP contribution in [0.2, 0.25) is 0 Å². The molecule has 0 radical (unpaired) electrons. The predicted octanol–water partition coefficient (Wildman–Crippen LogP) is 3.75. The number of fused-ring (bicyclic) bond motifs is 1. The molecule has 0 spiro atoms. The third-order valence-corrected chi connectivity index (χ3v) is 8.12. The van der Waals surface area contributed by atoms with Crippen molar-refractivity contribution in [2.45, 2.75) is 11.8 Å². The number of ether oxygens (including phenoxy) is 1. The minimum atomic E-state index is -4.03. The summed E-state index contributed by atoms with van der Waals surface area (Å²) in [5, 5.41) is 2.74. The Morgan fingerprint density at radius 3 is 2.38 bits per heavy atom. The van der Waals surface area contributed by atoms with E-state index in [4.69, 9.17) is 4.74 Å². The first-order valence-corrected chi connectivity index (χ1v) is 12.6. The van der Waals surface area contributed by atoms with Gasteiger partial charge in [-0.2, -0.15) is 0 Å². The summed E-state index contributed by atoms with van der Waals surface area (Å²) in [4.78, 5) is 24.8. The molecule has 4 rings (SSSR count). The van der Waals surface area contributed by atoms with E-state index in [-0.39, 0.29) is 9.77 Å². The average Bonchev–Trinajstić information content (AvgIpc) is 3.10. The van der Waals surface area contributed by atoms with Crippen LogP contribution in [0.1, 0.15) is 5.56 Å². The van der Waals surface area contributed by atoms with Crippen LogP contribution in [0, 0.1) is 6.92 Å². The lowest BCUT2D eigenvalue weighted by Gasteiger charge is -2.24. The van der Waals surface area contributed by atoms with Gasteiger partial charge in [0.2, 0.25) is 5.91 Å². The molecule has 4 aromatic rings. The highest BCUT2D eigenvalue weighted by Gasteiger charge is 2.27. The number of amides is 1. The number of carbonyl (C=O) groups excluding carboxylic acids is 1. The summed E-state index contributed by atoms with van der Waals surface area (Å²) < 4.78 is 35.4. The first kappa shape index (κ1) is 23.5. The van der Waals surface area contributed by atoms with Gasteiger partial charge < -0.3 is 14.6 Å². The highest BCUT2D eigenvalue weighted by atomic mass is 32.2. The summed E-state index contributed by atoms with van der Waals surface area (Å²) in [6.07, 6.45) is 0. The summed E-state index contributed by atoms with van der Waals surface area (Å²) in [6, 6.07) is 18.0. The first-order valence-electron chi connectivity index (χ1n) is 10.3. The van der Waals surface area contributed by atoms with Crippen molar-refractivity contribution < 1.29 is 17.9 Å². The Balaban J connectivity index is 1.65. The molecule has 176 valence electrons. The molecule has 0 aliphatic carbocycles. The zero-order valence-electron chi connectivity index (χ0n) is 18.8. The number of hydrogen-bond acceptors (Lipinski definition) is 6. The second-order valence-electron chi connectivity index (χ2n) is 7.68. The quantitative estimate of drug-likeness (QED) is 0.419. The fourth-order valence-electron chi connectivity index (χ4n) is 3.44. The lowest BCUT2D eigenvalue weighted by Crippen LogP contribution is -2.38. The van der Waals surface area contributed by atoms with Crippen molar-refractivity contribution in [3.63, 3.8) is 0 Å². The number of thiazole rings is 1. The molecule has 34 heavy (non-hydrogen) atoms. The van der Waals surface area contributed by atoms with Gasteiger partial charge in [-0.15, -0.1) is 0 Å². The van der Waals surface area contributed by atoms with Crippen LogP contribution in [-0.4, -0.2) is 32.5 Å². The van der Waals surface area contributed by atoms with Crippen LogP contribution in [-0.2, 0) is 21.9 Å². The number of aryl methyl sites for hydroxylation is 2. The van der Waals surface area contributed by atoms with E-state index in [0.717, 1.165) is 31.4 Å². The van der Waals surface area contributed by atoms with Crippen LogP contribution in [0.3, 0.4) is 0 Å². The molecule has 0 saturated carbocycles. The Hall–Kier alpha value is -3.63. The molecule has 1 heterocycles. The van der Waals surface area contributed by atoms with Gasteiger partial charge in [0, 0.05) is 12.7 Å². The maximum Gasteiger partial charge on any atom is 0.307 e. The molecule has 1 aromatic heterocycles. The Bertz CT molecular complexity index is 1510. The van der Waals surface area contributed by atoms with Gasteiger partial charge in [-0.05, 0) is 61.5 Å². The van der Waals surface area contributed by atoms with Gasteiger partial charge >= 0.3 is 4.87 Å². The number of hydrogen-bond donors (Lipinski definition) is 1. The van der Waals surface area contributed by atoms with Crippen molar-refractivity contribution in [1.29, 1.82) is 0 Å². The molecule has 0 fully saturated rings. The fraction of sp³-hybridized carbons (Fsp3) is 0.167. The number of nitrogens with one attached hydrogen (secondary N) is 1. The van der Waals surface area contributed by atoms with Gasteiger partial charge in [-0.25, -0.2) is 8.42 Å². The van der Waals surface area contributed by atoms with Crippen LogP contribution >= 0.6 is 11.3 Å². The Morgan fingerprint density at radius 1 is 1.06 bits per heavy atom. The van der Waals surface area contributed by atoms with Crippen molar-refractivity contribution in [2.75, 3.05) is 23.3 Å². The lowest BCUT2D eigenvalue weighted by molar-refractivity contribution is -0.114. The summed E-state index contributed by atoms with van der Waals surface area (Å²) >= 11 is 1.07. The van der Waals surface area contributed by atoms with Crippen LogP contribution in [0.5, 0.6) is 5.75 Å². The largest absolute Gasteiger partial charge is 0.497 e.